The molecule has 4 heterocycles. The number of carbonyl (C=O) groups is 1. The largest absolute Gasteiger partial charge is 0.397 e. The molecule has 30 heavy (non-hydrogen) atoms. The molecule has 0 bridgehead atoms. The number of aromatic nitrogens is 4. The first kappa shape index (κ1) is 20.5. The Kier molecular flexibility index (Phi) is 5.35. The molecule has 3 aromatic rings. The molecule has 0 aromatic carbocycles. The number of amides is 1. The van der Waals surface area contributed by atoms with Crippen molar-refractivity contribution in [2.24, 2.45) is 0 Å². The Morgan fingerprint density at radius 2 is 2.10 bits per heavy atom. The van der Waals surface area contributed by atoms with Gasteiger partial charge in [-0.25, -0.2) is 9.97 Å². The van der Waals surface area contributed by atoms with Gasteiger partial charge in [-0.15, -0.1) is 10.5 Å². The van der Waals surface area contributed by atoms with Crippen LogP contribution in [0.5, 0.6) is 0 Å². The van der Waals surface area contributed by atoms with Crippen molar-refractivity contribution < 1.29 is 18.0 Å². The molecule has 0 N–H and O–H groups in total. The average molecular weight is 435 g/mol. The highest BCUT2D eigenvalue weighted by atomic mass is 32.2. The number of aryl methyl sites for hydroxylation is 1. The molecule has 6 nitrogen and oxygen atoms in total. The van der Waals surface area contributed by atoms with Crippen molar-refractivity contribution in [1.29, 1.82) is 0 Å². The predicted octanol–water partition coefficient (Wildman–Crippen LogP) is 3.93. The fourth-order valence-electron chi connectivity index (χ4n) is 3.61. The molecule has 1 saturated heterocycles. The van der Waals surface area contributed by atoms with Crippen LogP contribution in [0.1, 0.15) is 24.0 Å². The number of nitrogens with zero attached hydrogens (tertiary/aromatic N) is 5. The van der Waals surface area contributed by atoms with E-state index in [9.17, 15) is 18.0 Å². The van der Waals surface area contributed by atoms with Crippen LogP contribution in [-0.2, 0) is 11.3 Å². The molecule has 1 aliphatic heterocycles. The number of rotatable bonds is 5. The number of hydrogen-bond acceptors (Lipinski definition) is 4. The van der Waals surface area contributed by atoms with Crippen molar-refractivity contribution in [1.82, 2.24) is 19.7 Å². The van der Waals surface area contributed by atoms with Gasteiger partial charge in [0.1, 0.15) is 5.82 Å². The van der Waals surface area contributed by atoms with Crippen molar-refractivity contribution in [2.75, 3.05) is 17.2 Å². The van der Waals surface area contributed by atoms with Crippen molar-refractivity contribution in [3.05, 3.63) is 41.9 Å². The van der Waals surface area contributed by atoms with Crippen LogP contribution < -0.4 is 4.90 Å². The van der Waals surface area contributed by atoms with Crippen molar-refractivity contribution in [3.8, 4) is 0 Å². The molecule has 1 unspecified atom stereocenters. The lowest BCUT2D eigenvalue weighted by Gasteiger charge is -2.14. The van der Waals surface area contributed by atoms with Gasteiger partial charge in [0.15, 0.2) is 0 Å². The zero-order chi connectivity index (χ0) is 21.5. The first-order valence-electron chi connectivity index (χ1n) is 9.37. The average Bonchev–Trinajstić information content (AvgIpc) is 3.25. The van der Waals surface area contributed by atoms with Gasteiger partial charge in [0, 0.05) is 31.6 Å². The van der Waals surface area contributed by atoms with Crippen molar-refractivity contribution in [2.45, 2.75) is 37.5 Å². The molecule has 0 spiro atoms. The molecule has 0 radical (unpaired) electrons. The number of fused-ring (bicyclic) bond motifs is 1. The van der Waals surface area contributed by atoms with Gasteiger partial charge in [-0.3, -0.25) is 14.4 Å². The fraction of sp³-hybridized carbons (Fsp3) is 0.350. The minimum absolute atomic E-state index is 0.0561. The van der Waals surface area contributed by atoms with Gasteiger partial charge >= 0.3 is 6.18 Å². The minimum Gasteiger partial charge on any atom is -0.296 e. The van der Waals surface area contributed by atoms with Crippen LogP contribution in [0.25, 0.3) is 10.9 Å². The number of halogens is 3. The Morgan fingerprint density at radius 1 is 1.30 bits per heavy atom. The second-order valence-corrected chi connectivity index (χ2v) is 8.92. The van der Waals surface area contributed by atoms with Crippen LogP contribution >= 0.6 is 10.5 Å². The molecule has 10 heteroatoms. The smallest absolute Gasteiger partial charge is 0.296 e. The summed E-state index contributed by atoms with van der Waals surface area (Å²) < 4.78 is 39.7. The third-order valence-electron chi connectivity index (χ3n) is 4.83. The third kappa shape index (κ3) is 4.23. The second kappa shape index (κ2) is 7.82. The quantitative estimate of drug-likeness (QED) is 0.570. The molecule has 1 amide bonds. The highest BCUT2D eigenvalue weighted by molar-refractivity contribution is 8.14. The first-order valence-corrected chi connectivity index (χ1v) is 10.9. The summed E-state index contributed by atoms with van der Waals surface area (Å²) in [5.41, 5.74) is 2.22. The topological polar surface area (TPSA) is 63.9 Å². The molecule has 3 aromatic heterocycles. The fourth-order valence-corrected chi connectivity index (χ4v) is 4.86. The van der Waals surface area contributed by atoms with Crippen molar-refractivity contribution >= 4 is 39.0 Å². The zero-order valence-corrected chi connectivity index (χ0v) is 17.1. The van der Waals surface area contributed by atoms with Crippen LogP contribution in [0.15, 0.2) is 35.7 Å². The predicted molar refractivity (Wildman–Crippen MR) is 111 cm³/mol. The summed E-state index contributed by atoms with van der Waals surface area (Å²) >= 11 is 0. The zero-order valence-electron chi connectivity index (χ0n) is 16.3. The van der Waals surface area contributed by atoms with Crippen LogP contribution in [0.2, 0.25) is 0 Å². The summed E-state index contributed by atoms with van der Waals surface area (Å²) in [5.74, 6) is 3.33. The Balaban J connectivity index is 1.58. The maximum atomic E-state index is 12.7. The summed E-state index contributed by atoms with van der Waals surface area (Å²) in [5, 5.41) is 5.72. The lowest BCUT2D eigenvalue weighted by atomic mass is 10.2. The van der Waals surface area contributed by atoms with Gasteiger partial charge < -0.3 is 0 Å². The Hall–Kier alpha value is -2.75. The van der Waals surface area contributed by atoms with Crippen LogP contribution in [0.4, 0.5) is 19.0 Å². The van der Waals surface area contributed by atoms with E-state index < -0.39 is 22.4 Å². The van der Waals surface area contributed by atoms with E-state index in [4.69, 9.17) is 0 Å². The van der Waals surface area contributed by atoms with E-state index in [1.807, 2.05) is 12.3 Å². The summed E-state index contributed by atoms with van der Waals surface area (Å²) in [6, 6.07) is 3.60. The van der Waals surface area contributed by atoms with Gasteiger partial charge in [0.05, 0.1) is 28.2 Å². The summed E-state index contributed by atoms with van der Waals surface area (Å²) in [4.78, 5) is 22.4. The van der Waals surface area contributed by atoms with Crippen LogP contribution in [0, 0.1) is 6.92 Å². The molecule has 0 saturated carbocycles. The number of hydrogen-bond donors (Lipinski definition) is 0. The standard InChI is InChI=1S/C20H20F3N5OS/c1-13-8-14(9-25-19(13)30(2)12-20(21,22)23)10-27-11-15-16(26-27)5-6-24-18(15)28-7-3-4-17(28)29/h5-6,8-9,11H,2-4,7,10,12H2,1H3. The Bertz CT molecular complexity index is 1140. The van der Waals surface area contributed by atoms with Gasteiger partial charge in [0.2, 0.25) is 5.91 Å². The maximum absolute atomic E-state index is 12.7. The van der Waals surface area contributed by atoms with Crippen LogP contribution in [0.3, 0.4) is 0 Å². The van der Waals surface area contributed by atoms with E-state index in [0.717, 1.165) is 22.9 Å². The number of anilines is 1. The van der Waals surface area contributed by atoms with E-state index in [0.29, 0.717) is 35.9 Å². The molecule has 0 aliphatic carbocycles. The number of alkyl halides is 3. The monoisotopic (exact) mass is 435 g/mol. The normalized spacial score (nSPS) is 15.9. The van der Waals surface area contributed by atoms with Crippen molar-refractivity contribution in [3.63, 3.8) is 0 Å². The highest BCUT2D eigenvalue weighted by Crippen LogP contribution is 2.33. The van der Waals surface area contributed by atoms with Crippen LogP contribution in [-0.4, -0.2) is 50.0 Å². The first-order chi connectivity index (χ1) is 14.2. The third-order valence-corrected chi connectivity index (χ3v) is 6.48. The molecule has 1 atom stereocenters. The molecule has 4 rings (SSSR count). The van der Waals surface area contributed by atoms with E-state index in [-0.39, 0.29) is 5.91 Å². The summed E-state index contributed by atoms with van der Waals surface area (Å²) in [7, 11) is -1.24. The lowest BCUT2D eigenvalue weighted by Crippen LogP contribution is -2.24. The van der Waals surface area contributed by atoms with E-state index in [1.54, 1.807) is 35.0 Å². The number of carbonyl (C=O) groups excluding carboxylic acids is 1. The summed E-state index contributed by atoms with van der Waals surface area (Å²) in [6.07, 6.45) is 2.10. The van der Waals surface area contributed by atoms with Gasteiger partial charge in [-0.2, -0.15) is 18.3 Å². The lowest BCUT2D eigenvalue weighted by molar-refractivity contribution is -0.117. The van der Waals surface area contributed by atoms with Gasteiger partial charge in [0.25, 0.3) is 0 Å². The second-order valence-electron chi connectivity index (χ2n) is 7.26. The van der Waals surface area contributed by atoms with Gasteiger partial charge in [-0.05, 0) is 30.5 Å². The Labute approximate surface area is 173 Å². The molecular weight excluding hydrogens is 415 g/mol. The highest BCUT2D eigenvalue weighted by Gasteiger charge is 2.29. The molecular formula is C20H20F3N5OS. The van der Waals surface area contributed by atoms with Gasteiger partial charge in [-0.1, -0.05) is 11.9 Å². The van der Waals surface area contributed by atoms with E-state index in [1.165, 1.54) is 0 Å². The summed E-state index contributed by atoms with van der Waals surface area (Å²) in [6.45, 7) is 2.79. The molecule has 1 fully saturated rings. The maximum Gasteiger partial charge on any atom is 0.397 e. The Morgan fingerprint density at radius 3 is 2.77 bits per heavy atom. The SMILES string of the molecule is C=S(CC(F)(F)F)c1ncc(Cn2cc3c(N4CCCC4=O)nccc3n2)cc1C. The number of pyridine rings is 2. The minimum atomic E-state index is -4.27. The molecule has 158 valence electrons. The van der Waals surface area contributed by atoms with E-state index in [2.05, 4.69) is 20.9 Å². The van der Waals surface area contributed by atoms with E-state index >= 15 is 0 Å². The molecule has 1 aliphatic rings.